The summed E-state index contributed by atoms with van der Waals surface area (Å²) in [6.45, 7) is 11.5. The van der Waals surface area contributed by atoms with Crippen LogP contribution < -0.4 is 29.6 Å². The molecular formula is C45H55Br2ClF2N8O6. The number of hydrogen-bond donors (Lipinski definition) is 4. The van der Waals surface area contributed by atoms with E-state index in [1.54, 1.807) is 48.5 Å². The van der Waals surface area contributed by atoms with Crippen molar-refractivity contribution in [3.05, 3.63) is 93.9 Å². The van der Waals surface area contributed by atoms with Gasteiger partial charge in [0, 0.05) is 56.5 Å². The SMILES string of the molecule is COc1cc2c(Nc3ccc(Br)cc3F)ncnc2cc1OCC(O)CN(C)C(C)(C)C.COc1cc2c(Nc3ccc(Br)cc3F)ncnc2cc1OCC(O)CN(C)C(C)C.Cl. The second kappa shape index (κ2) is 23.5. The van der Waals surface area contributed by atoms with Gasteiger partial charge in [0.05, 0.1) is 36.6 Å². The van der Waals surface area contributed by atoms with E-state index in [1.807, 2.05) is 19.0 Å². The van der Waals surface area contributed by atoms with Crippen LogP contribution in [-0.2, 0) is 0 Å². The topological polar surface area (TPSA) is 159 Å². The minimum Gasteiger partial charge on any atom is -0.493 e. The molecule has 19 heteroatoms. The molecule has 0 aliphatic heterocycles. The van der Waals surface area contributed by atoms with E-state index in [1.165, 1.54) is 39.0 Å². The van der Waals surface area contributed by atoms with Crippen LogP contribution in [0.4, 0.5) is 31.8 Å². The van der Waals surface area contributed by atoms with Crippen molar-refractivity contribution in [3.8, 4) is 23.0 Å². The molecule has 0 radical (unpaired) electrons. The maximum Gasteiger partial charge on any atom is 0.163 e. The van der Waals surface area contributed by atoms with Crippen molar-refractivity contribution in [3.63, 3.8) is 0 Å². The largest absolute Gasteiger partial charge is 0.493 e. The summed E-state index contributed by atoms with van der Waals surface area (Å²) >= 11 is 6.50. The Morgan fingerprint density at radius 3 is 1.45 bits per heavy atom. The molecule has 0 bridgehead atoms. The van der Waals surface area contributed by atoms with Crippen LogP contribution in [0.5, 0.6) is 23.0 Å². The Balaban J connectivity index is 0.000000276. The van der Waals surface area contributed by atoms with Gasteiger partial charge in [-0.2, -0.15) is 0 Å². The fraction of sp³-hybridized carbons (Fsp3) is 0.378. The van der Waals surface area contributed by atoms with Gasteiger partial charge < -0.3 is 44.7 Å². The van der Waals surface area contributed by atoms with Gasteiger partial charge in [0.15, 0.2) is 23.0 Å². The number of anilines is 4. The third-order valence-corrected chi connectivity index (χ3v) is 11.1. The highest BCUT2D eigenvalue weighted by Crippen LogP contribution is 2.37. The fourth-order valence-electron chi connectivity index (χ4n) is 5.92. The maximum atomic E-state index is 14.3. The number of rotatable bonds is 17. The van der Waals surface area contributed by atoms with Crippen LogP contribution in [0.1, 0.15) is 34.6 Å². The molecule has 0 aliphatic carbocycles. The number of aromatic nitrogens is 4. The molecule has 0 spiro atoms. The number of methoxy groups -OCH3 is 2. The lowest BCUT2D eigenvalue weighted by atomic mass is 10.1. The summed E-state index contributed by atoms with van der Waals surface area (Å²) in [5, 5.41) is 28.0. The quantitative estimate of drug-likeness (QED) is 0.0684. The van der Waals surface area contributed by atoms with Crippen LogP contribution in [0.25, 0.3) is 21.8 Å². The Morgan fingerprint density at radius 1 is 0.656 bits per heavy atom. The highest BCUT2D eigenvalue weighted by molar-refractivity contribution is 9.10. The molecular weight excluding hydrogens is 982 g/mol. The van der Waals surface area contributed by atoms with Gasteiger partial charge in [-0.3, -0.25) is 4.90 Å². The van der Waals surface area contributed by atoms with Crippen LogP contribution >= 0.6 is 44.3 Å². The van der Waals surface area contributed by atoms with Gasteiger partial charge in [-0.25, -0.2) is 28.7 Å². The molecule has 2 unspecified atom stereocenters. The molecule has 2 atom stereocenters. The Kier molecular flexibility index (Phi) is 19.1. The molecule has 0 fully saturated rings. The average molecular weight is 1040 g/mol. The van der Waals surface area contributed by atoms with Crippen LogP contribution in [0.15, 0.2) is 82.3 Å². The van der Waals surface area contributed by atoms with Crippen molar-refractivity contribution in [2.24, 2.45) is 0 Å². The summed E-state index contributed by atoms with van der Waals surface area (Å²) in [6, 6.07) is 16.7. The first-order valence-electron chi connectivity index (χ1n) is 20.0. The molecule has 2 heterocycles. The molecule has 0 aliphatic rings. The monoisotopic (exact) mass is 1030 g/mol. The first kappa shape index (κ1) is 51.9. The Bertz CT molecular complexity index is 2490. The van der Waals surface area contributed by atoms with E-state index in [-0.39, 0.29) is 31.2 Å². The lowest BCUT2D eigenvalue weighted by Crippen LogP contribution is -2.44. The average Bonchev–Trinajstić information content (AvgIpc) is 3.23. The zero-order valence-electron chi connectivity index (χ0n) is 37.1. The first-order chi connectivity index (χ1) is 29.9. The number of ether oxygens (including phenoxy) is 4. The van der Waals surface area contributed by atoms with Gasteiger partial charge >= 0.3 is 0 Å². The molecule has 4 aromatic carbocycles. The van der Waals surface area contributed by atoms with Crippen molar-refractivity contribution < 1.29 is 37.9 Å². The van der Waals surface area contributed by atoms with E-state index in [0.29, 0.717) is 95.9 Å². The lowest BCUT2D eigenvalue weighted by molar-refractivity contribution is 0.0466. The van der Waals surface area contributed by atoms with Crippen LogP contribution in [0.2, 0.25) is 0 Å². The number of hydrogen-bond acceptors (Lipinski definition) is 14. The molecule has 0 amide bonds. The predicted octanol–water partition coefficient (Wildman–Crippen LogP) is 9.54. The Hall–Kier alpha value is -4.69. The van der Waals surface area contributed by atoms with Gasteiger partial charge in [-0.15, -0.1) is 12.4 Å². The van der Waals surface area contributed by atoms with Gasteiger partial charge in [0.1, 0.15) is 61.3 Å². The van der Waals surface area contributed by atoms with Gasteiger partial charge in [0.2, 0.25) is 0 Å². The number of aliphatic hydroxyl groups excluding tert-OH is 2. The van der Waals surface area contributed by atoms with Gasteiger partial charge in [0.25, 0.3) is 0 Å². The standard InChI is InChI=1S/C23H28BrFN4O3.C22H26BrFN4O3.ClH/c1-23(2,3)29(4)11-15(30)12-32-21-10-19-16(9-20(21)31-5)22(27-13-26-19)28-18-7-6-14(24)8-17(18)25;1-13(2)28(3)10-15(29)11-31-21-9-19-16(8-20(21)30-4)22(26-12-25-19)27-18-6-5-14(23)7-17(18)24;/h6-10,13,15,30H,11-12H2,1-5H3,(H,26,27,28);5-9,12-13,15,29H,10-11H2,1-4H3,(H,25,26,27);1H. The number of likely N-dealkylation sites (N-methyl/N-ethyl adjacent to an activating group) is 2. The number of aliphatic hydroxyl groups is 2. The number of benzene rings is 4. The molecule has 4 N–H and O–H groups in total. The second-order valence-corrected chi connectivity index (χ2v) is 17.8. The van der Waals surface area contributed by atoms with Crippen LogP contribution in [0, 0.1) is 11.6 Å². The molecule has 0 saturated heterocycles. The minimum absolute atomic E-state index is 0. The van der Waals surface area contributed by atoms with Crippen molar-refractivity contribution in [1.29, 1.82) is 0 Å². The van der Waals surface area contributed by atoms with E-state index in [4.69, 9.17) is 18.9 Å². The third-order valence-electron chi connectivity index (χ3n) is 10.1. The summed E-state index contributed by atoms with van der Waals surface area (Å²) in [4.78, 5) is 21.2. The zero-order valence-corrected chi connectivity index (χ0v) is 41.1. The first-order valence-corrected chi connectivity index (χ1v) is 21.6. The maximum absolute atomic E-state index is 14.3. The van der Waals surface area contributed by atoms with Crippen LogP contribution in [0.3, 0.4) is 0 Å². The van der Waals surface area contributed by atoms with E-state index in [2.05, 4.69) is 102 Å². The summed E-state index contributed by atoms with van der Waals surface area (Å²) in [6.07, 6.45) is 1.45. The van der Waals surface area contributed by atoms with Gasteiger partial charge in [-0.05, 0) is 97.2 Å². The minimum atomic E-state index is -0.678. The van der Waals surface area contributed by atoms with Crippen molar-refractivity contribution >= 4 is 89.1 Å². The third kappa shape index (κ3) is 14.2. The molecule has 6 rings (SSSR count). The summed E-state index contributed by atoms with van der Waals surface area (Å²) in [5.74, 6) is 1.90. The van der Waals surface area contributed by atoms with Crippen LogP contribution in [-0.4, -0.2) is 118 Å². The van der Waals surface area contributed by atoms with Crippen molar-refractivity contribution in [2.75, 3.05) is 65.3 Å². The van der Waals surface area contributed by atoms with E-state index in [0.717, 1.165) is 0 Å². The highest BCUT2D eigenvalue weighted by atomic mass is 79.9. The number of halogens is 5. The molecule has 64 heavy (non-hydrogen) atoms. The summed E-state index contributed by atoms with van der Waals surface area (Å²) < 4.78 is 52.5. The number of β-amino-alcohol motifs (C(OH)–C–C–N with tert-alkyl or cyclic N) is 1. The van der Waals surface area contributed by atoms with E-state index < -0.39 is 23.8 Å². The van der Waals surface area contributed by atoms with Crippen molar-refractivity contribution in [1.82, 2.24) is 29.7 Å². The van der Waals surface area contributed by atoms with Gasteiger partial charge in [-0.1, -0.05) is 31.9 Å². The zero-order chi connectivity index (χ0) is 46.0. The fourth-order valence-corrected chi connectivity index (χ4v) is 6.59. The predicted molar refractivity (Wildman–Crippen MR) is 257 cm³/mol. The molecule has 0 saturated carbocycles. The summed E-state index contributed by atoms with van der Waals surface area (Å²) in [5.41, 5.74) is 1.71. The van der Waals surface area contributed by atoms with E-state index in [9.17, 15) is 19.0 Å². The Labute approximate surface area is 395 Å². The smallest absolute Gasteiger partial charge is 0.163 e. The number of nitrogens with one attached hydrogen (secondary N) is 2. The molecule has 14 nitrogen and oxygen atoms in total. The summed E-state index contributed by atoms with van der Waals surface area (Å²) in [7, 11) is 6.97. The second-order valence-electron chi connectivity index (χ2n) is 16.0. The Morgan fingerprint density at radius 2 is 1.08 bits per heavy atom. The molecule has 346 valence electrons. The van der Waals surface area contributed by atoms with Crippen molar-refractivity contribution in [2.45, 2.75) is 58.4 Å². The van der Waals surface area contributed by atoms with E-state index >= 15 is 0 Å². The lowest BCUT2D eigenvalue weighted by Gasteiger charge is -2.33. The normalized spacial score (nSPS) is 12.4. The number of fused-ring (bicyclic) bond motifs is 2. The number of nitrogens with zero attached hydrogens (tertiary/aromatic N) is 6. The molecule has 2 aromatic heterocycles. The molecule has 6 aromatic rings. The highest BCUT2D eigenvalue weighted by Gasteiger charge is 2.22.